The lowest BCUT2D eigenvalue weighted by Gasteiger charge is -2.35. The molecule has 3 N–H and O–H groups in total. The average Bonchev–Trinajstić information content (AvgIpc) is 2.87. The summed E-state index contributed by atoms with van der Waals surface area (Å²) < 4.78 is 49.3. The number of amides is 1. The Bertz CT molecular complexity index is 1140. The number of aliphatic hydroxyl groups is 1. The Morgan fingerprint density at radius 1 is 1.24 bits per heavy atom. The summed E-state index contributed by atoms with van der Waals surface area (Å²) in [4.78, 5) is 27.7. The predicted molar refractivity (Wildman–Crippen MR) is 131 cm³/mol. The predicted octanol–water partition coefficient (Wildman–Crippen LogP) is 4.76. The SMILES string of the molecule is COC(=O)C1CCC(O)(CNC(=O)c2ccc(N[C@@H](C)c3cc(C(F)(F)F)ncc3OC)c(Cl)c2)CC1. The summed E-state index contributed by atoms with van der Waals surface area (Å²) in [6.07, 6.45) is -1.96. The number of alkyl halides is 3. The molecule has 12 heteroatoms. The van der Waals surface area contributed by atoms with Gasteiger partial charge in [0, 0.05) is 17.7 Å². The van der Waals surface area contributed by atoms with E-state index < -0.39 is 29.4 Å². The second-order valence-electron chi connectivity index (χ2n) is 9.07. The number of hydrogen-bond acceptors (Lipinski definition) is 7. The number of nitrogens with one attached hydrogen (secondary N) is 2. The average molecular weight is 544 g/mol. The summed E-state index contributed by atoms with van der Waals surface area (Å²) in [6.45, 7) is 1.66. The maximum absolute atomic E-state index is 13.1. The van der Waals surface area contributed by atoms with E-state index in [9.17, 15) is 27.9 Å². The van der Waals surface area contributed by atoms with E-state index in [1.807, 2.05) is 0 Å². The molecule has 0 unspecified atom stereocenters. The summed E-state index contributed by atoms with van der Waals surface area (Å²) in [5.41, 5.74) is -1.29. The number of halogens is 4. The second kappa shape index (κ2) is 11.6. The largest absolute Gasteiger partial charge is 0.495 e. The molecule has 1 atom stereocenters. The molecule has 1 heterocycles. The first-order chi connectivity index (χ1) is 17.4. The van der Waals surface area contributed by atoms with Crippen LogP contribution in [0, 0.1) is 5.92 Å². The van der Waals surface area contributed by atoms with Crippen LogP contribution in [0.4, 0.5) is 18.9 Å². The molecule has 1 aromatic heterocycles. The van der Waals surface area contributed by atoms with Crippen LogP contribution in [0.15, 0.2) is 30.5 Å². The number of carbonyl (C=O) groups is 2. The molecule has 0 saturated heterocycles. The fourth-order valence-corrected chi connectivity index (χ4v) is 4.52. The lowest BCUT2D eigenvalue weighted by Crippen LogP contribution is -2.46. The van der Waals surface area contributed by atoms with Gasteiger partial charge in [-0.2, -0.15) is 13.2 Å². The van der Waals surface area contributed by atoms with E-state index in [0.717, 1.165) is 12.3 Å². The Morgan fingerprint density at radius 3 is 2.49 bits per heavy atom. The van der Waals surface area contributed by atoms with Crippen molar-refractivity contribution in [3.63, 3.8) is 0 Å². The Hall–Kier alpha value is -3.05. The summed E-state index contributed by atoms with van der Waals surface area (Å²) in [6, 6.07) is 4.76. The van der Waals surface area contributed by atoms with Crippen molar-refractivity contribution in [1.82, 2.24) is 10.3 Å². The van der Waals surface area contributed by atoms with Gasteiger partial charge in [0.25, 0.3) is 5.91 Å². The van der Waals surface area contributed by atoms with Crippen LogP contribution in [-0.2, 0) is 15.7 Å². The number of pyridine rings is 1. The smallest absolute Gasteiger partial charge is 0.433 e. The molecule has 0 aliphatic heterocycles. The Morgan fingerprint density at radius 2 is 1.92 bits per heavy atom. The van der Waals surface area contributed by atoms with Gasteiger partial charge in [0.05, 0.1) is 48.7 Å². The first-order valence-electron chi connectivity index (χ1n) is 11.6. The van der Waals surface area contributed by atoms with Gasteiger partial charge in [-0.25, -0.2) is 4.98 Å². The zero-order valence-corrected chi connectivity index (χ0v) is 21.4. The van der Waals surface area contributed by atoms with Gasteiger partial charge in [-0.05, 0) is 56.9 Å². The highest BCUT2D eigenvalue weighted by molar-refractivity contribution is 6.33. The van der Waals surface area contributed by atoms with Gasteiger partial charge >= 0.3 is 12.1 Å². The van der Waals surface area contributed by atoms with Crippen molar-refractivity contribution in [3.8, 4) is 5.75 Å². The first-order valence-corrected chi connectivity index (χ1v) is 12.0. The molecule has 0 bridgehead atoms. The van der Waals surface area contributed by atoms with E-state index in [1.165, 1.54) is 26.4 Å². The van der Waals surface area contributed by atoms with Crippen LogP contribution in [0.25, 0.3) is 0 Å². The third-order valence-electron chi connectivity index (χ3n) is 6.51. The highest BCUT2D eigenvalue weighted by atomic mass is 35.5. The molecule has 1 aliphatic rings. The van der Waals surface area contributed by atoms with Crippen LogP contribution in [-0.4, -0.2) is 48.3 Å². The maximum atomic E-state index is 13.1. The molecule has 1 aliphatic carbocycles. The number of aromatic nitrogens is 1. The number of anilines is 1. The fourth-order valence-electron chi connectivity index (χ4n) is 4.29. The van der Waals surface area contributed by atoms with Crippen molar-refractivity contribution in [2.75, 3.05) is 26.1 Å². The molecule has 0 spiro atoms. The Labute approximate surface area is 217 Å². The van der Waals surface area contributed by atoms with E-state index in [0.29, 0.717) is 31.4 Å². The highest BCUT2D eigenvalue weighted by Crippen LogP contribution is 2.36. The maximum Gasteiger partial charge on any atom is 0.433 e. The summed E-state index contributed by atoms with van der Waals surface area (Å²) in [5.74, 6) is -0.824. The zero-order chi connectivity index (χ0) is 27.4. The topological polar surface area (TPSA) is 110 Å². The van der Waals surface area contributed by atoms with Crippen LogP contribution >= 0.6 is 11.6 Å². The van der Waals surface area contributed by atoms with Gasteiger partial charge in [0.15, 0.2) is 0 Å². The molecule has 0 radical (unpaired) electrons. The van der Waals surface area contributed by atoms with E-state index in [-0.39, 0.29) is 40.3 Å². The number of nitrogens with zero attached hydrogens (tertiary/aromatic N) is 1. The van der Waals surface area contributed by atoms with Crippen molar-refractivity contribution in [3.05, 3.63) is 52.3 Å². The summed E-state index contributed by atoms with van der Waals surface area (Å²) in [5, 5.41) is 16.7. The quantitative estimate of drug-likeness (QED) is 0.412. The van der Waals surface area contributed by atoms with E-state index in [4.69, 9.17) is 21.1 Å². The van der Waals surface area contributed by atoms with Gasteiger partial charge in [-0.1, -0.05) is 11.6 Å². The van der Waals surface area contributed by atoms with E-state index in [2.05, 4.69) is 15.6 Å². The van der Waals surface area contributed by atoms with Crippen LogP contribution in [0.2, 0.25) is 5.02 Å². The molecule has 1 aromatic carbocycles. The monoisotopic (exact) mass is 543 g/mol. The molecule has 3 rings (SSSR count). The van der Waals surface area contributed by atoms with Crippen LogP contribution in [0.3, 0.4) is 0 Å². The van der Waals surface area contributed by atoms with Gasteiger partial charge in [-0.15, -0.1) is 0 Å². The highest BCUT2D eigenvalue weighted by Gasteiger charge is 2.36. The van der Waals surface area contributed by atoms with Crippen molar-refractivity contribution in [2.24, 2.45) is 5.92 Å². The molecule has 202 valence electrons. The van der Waals surface area contributed by atoms with Crippen LogP contribution in [0.1, 0.15) is 60.3 Å². The summed E-state index contributed by atoms with van der Waals surface area (Å²) >= 11 is 6.36. The molecular formula is C25H29ClF3N3O5. The zero-order valence-electron chi connectivity index (χ0n) is 20.6. The van der Waals surface area contributed by atoms with Gasteiger partial charge in [0.1, 0.15) is 11.4 Å². The van der Waals surface area contributed by atoms with Crippen LogP contribution < -0.4 is 15.4 Å². The Balaban J connectivity index is 1.64. The number of ether oxygens (including phenoxy) is 2. The van der Waals surface area contributed by atoms with Crippen molar-refractivity contribution < 1.29 is 37.3 Å². The standard InChI is InChI=1S/C25H29ClF3N3O5/c1-14(17-11-21(25(27,28)29)30-12-20(17)36-2)32-19-5-4-16(10-18(19)26)22(33)31-13-24(35)8-6-15(7-9-24)23(34)37-3/h4-5,10-12,14-15,32,35H,6-9,13H2,1-3H3,(H,31,33)/t14-,15?,24?/m0/s1. The molecule has 1 amide bonds. The number of esters is 1. The van der Waals surface area contributed by atoms with Crippen LogP contribution in [0.5, 0.6) is 5.75 Å². The minimum atomic E-state index is -4.61. The number of hydrogen-bond donors (Lipinski definition) is 3. The van der Waals surface area contributed by atoms with Crippen molar-refractivity contribution in [2.45, 2.75) is 50.4 Å². The van der Waals surface area contributed by atoms with Gasteiger partial charge in [-0.3, -0.25) is 9.59 Å². The van der Waals surface area contributed by atoms with E-state index >= 15 is 0 Å². The molecule has 2 aromatic rings. The normalized spacial score (nSPS) is 20.6. The van der Waals surface area contributed by atoms with Crippen molar-refractivity contribution >= 4 is 29.2 Å². The lowest BCUT2D eigenvalue weighted by molar-refractivity contribution is -0.148. The van der Waals surface area contributed by atoms with Crippen molar-refractivity contribution in [1.29, 1.82) is 0 Å². The minimum Gasteiger partial charge on any atom is -0.495 e. The molecule has 1 saturated carbocycles. The lowest BCUT2D eigenvalue weighted by atomic mass is 9.78. The third kappa shape index (κ3) is 7.04. The molecule has 8 nitrogen and oxygen atoms in total. The Kier molecular flexibility index (Phi) is 8.91. The number of methoxy groups -OCH3 is 2. The molecule has 1 fully saturated rings. The number of carbonyl (C=O) groups excluding carboxylic acids is 2. The van der Waals surface area contributed by atoms with Gasteiger partial charge < -0.3 is 25.2 Å². The molecular weight excluding hydrogens is 515 g/mol. The fraction of sp³-hybridized carbons (Fsp3) is 0.480. The second-order valence-corrected chi connectivity index (χ2v) is 9.48. The van der Waals surface area contributed by atoms with E-state index in [1.54, 1.807) is 13.0 Å². The first kappa shape index (κ1) is 28.5. The minimum absolute atomic E-state index is 0.0117. The van der Waals surface area contributed by atoms with Gasteiger partial charge in [0.2, 0.25) is 0 Å². The number of benzene rings is 1. The molecule has 37 heavy (non-hydrogen) atoms. The third-order valence-corrected chi connectivity index (χ3v) is 6.82. The number of rotatable bonds is 8. The summed E-state index contributed by atoms with van der Waals surface area (Å²) in [7, 11) is 2.66.